The largest absolute Gasteiger partial charge is 0.385 e. The first kappa shape index (κ1) is 15.9. The molecule has 1 aromatic carbocycles. The number of halogens is 2. The molecule has 0 fully saturated rings. The highest BCUT2D eigenvalue weighted by atomic mass is 32.2. The lowest BCUT2D eigenvalue weighted by molar-refractivity contribution is 0.153. The molecule has 0 radical (unpaired) electrons. The van der Waals surface area contributed by atoms with Crippen LogP contribution in [0.1, 0.15) is 12.8 Å². The van der Waals surface area contributed by atoms with Crippen LogP contribution in [0.5, 0.6) is 0 Å². The molecular formula is C14H17F2NO3S. The Bertz CT molecular complexity index is 597. The predicted molar refractivity (Wildman–Crippen MR) is 76.3 cm³/mol. The van der Waals surface area contributed by atoms with E-state index in [0.29, 0.717) is 18.8 Å². The number of hydrogen-bond acceptors (Lipinski definition) is 4. The van der Waals surface area contributed by atoms with Crippen LogP contribution < -0.4 is 5.32 Å². The molecule has 0 bridgehead atoms. The molecular weight excluding hydrogens is 300 g/mol. The lowest BCUT2D eigenvalue weighted by Crippen LogP contribution is -2.11. The van der Waals surface area contributed by atoms with Gasteiger partial charge in [0.2, 0.25) is 9.84 Å². The minimum absolute atomic E-state index is 0.366. The third kappa shape index (κ3) is 4.25. The number of alkyl halides is 2. The molecule has 4 nitrogen and oxygen atoms in total. The fourth-order valence-corrected chi connectivity index (χ4v) is 2.75. The third-order valence-electron chi connectivity index (χ3n) is 3.25. The fraction of sp³-hybridized carbons (Fsp3) is 0.429. The van der Waals surface area contributed by atoms with Crippen LogP contribution in [0.2, 0.25) is 0 Å². The number of ether oxygens (including phenoxy) is 1. The van der Waals surface area contributed by atoms with Gasteiger partial charge in [-0.05, 0) is 37.1 Å². The lowest BCUT2D eigenvalue weighted by atomic mass is 10.1. The first-order valence-corrected chi connectivity index (χ1v) is 8.16. The van der Waals surface area contributed by atoms with Gasteiger partial charge in [-0.25, -0.2) is 8.42 Å². The Kier molecular flexibility index (Phi) is 5.30. The molecule has 116 valence electrons. The molecule has 7 heteroatoms. The van der Waals surface area contributed by atoms with Crippen molar-refractivity contribution in [3.8, 4) is 0 Å². The number of benzene rings is 1. The van der Waals surface area contributed by atoms with Gasteiger partial charge < -0.3 is 10.1 Å². The average molecular weight is 317 g/mol. The highest BCUT2D eigenvalue weighted by molar-refractivity contribution is 7.91. The molecule has 1 aromatic rings. The zero-order chi connectivity index (χ0) is 15.3. The summed E-state index contributed by atoms with van der Waals surface area (Å²) < 4.78 is 52.5. The first-order chi connectivity index (χ1) is 10.00. The maximum atomic E-state index is 12.4. The molecule has 0 aromatic heterocycles. The van der Waals surface area contributed by atoms with Crippen molar-refractivity contribution in [2.45, 2.75) is 23.5 Å². The van der Waals surface area contributed by atoms with Crippen molar-refractivity contribution < 1.29 is 21.9 Å². The zero-order valence-electron chi connectivity index (χ0n) is 11.4. The van der Waals surface area contributed by atoms with Crippen molar-refractivity contribution in [2.75, 3.05) is 25.1 Å². The summed E-state index contributed by atoms with van der Waals surface area (Å²) in [5.74, 6) is -3.39. The molecule has 0 spiro atoms. The van der Waals surface area contributed by atoms with E-state index >= 15 is 0 Å². The van der Waals surface area contributed by atoms with Crippen molar-refractivity contribution in [2.24, 2.45) is 0 Å². The summed E-state index contributed by atoms with van der Waals surface area (Å²) in [7, 11) is -4.52. The van der Waals surface area contributed by atoms with Crippen LogP contribution in [-0.4, -0.2) is 33.9 Å². The first-order valence-electron chi connectivity index (χ1n) is 6.62. The molecule has 0 saturated heterocycles. The summed E-state index contributed by atoms with van der Waals surface area (Å²) in [5, 5.41) is 3.14. The highest BCUT2D eigenvalue weighted by Crippen LogP contribution is 2.20. The van der Waals surface area contributed by atoms with Crippen LogP contribution in [0.3, 0.4) is 0 Å². The van der Waals surface area contributed by atoms with Gasteiger partial charge in [0.15, 0.2) is 0 Å². The summed E-state index contributed by atoms with van der Waals surface area (Å²) >= 11 is 0. The van der Waals surface area contributed by atoms with Crippen molar-refractivity contribution in [3.63, 3.8) is 0 Å². The molecule has 1 aliphatic heterocycles. The van der Waals surface area contributed by atoms with Gasteiger partial charge in [-0.15, -0.1) is 0 Å². The minimum atomic E-state index is -4.52. The molecule has 1 heterocycles. The normalized spacial score (nSPS) is 15.9. The van der Waals surface area contributed by atoms with Crippen molar-refractivity contribution in [1.29, 1.82) is 0 Å². The molecule has 21 heavy (non-hydrogen) atoms. The molecule has 2 rings (SSSR count). The quantitative estimate of drug-likeness (QED) is 0.820. The summed E-state index contributed by atoms with van der Waals surface area (Å²) in [6.45, 7) is 2.09. The Morgan fingerprint density at radius 3 is 2.52 bits per heavy atom. The third-order valence-corrected chi connectivity index (χ3v) is 4.65. The Balaban J connectivity index is 1.89. The molecule has 0 unspecified atom stereocenters. The van der Waals surface area contributed by atoms with Crippen LogP contribution >= 0.6 is 0 Å². The lowest BCUT2D eigenvalue weighted by Gasteiger charge is -2.14. The number of sulfone groups is 1. The van der Waals surface area contributed by atoms with E-state index in [0.717, 1.165) is 19.4 Å². The van der Waals surface area contributed by atoms with Gasteiger partial charge in [0.05, 0.1) is 18.1 Å². The summed E-state index contributed by atoms with van der Waals surface area (Å²) in [5.41, 5.74) is 2.03. The average Bonchev–Trinajstić information content (AvgIpc) is 2.49. The number of rotatable bonds is 6. The molecule has 0 atom stereocenters. The van der Waals surface area contributed by atoms with Gasteiger partial charge in [-0.3, -0.25) is 0 Å². The van der Waals surface area contributed by atoms with Gasteiger partial charge in [-0.1, -0.05) is 11.6 Å². The second kappa shape index (κ2) is 7.00. The smallest absolute Gasteiger partial charge is 0.341 e. The molecule has 1 aliphatic rings. The maximum absolute atomic E-state index is 12.4. The summed E-state index contributed by atoms with van der Waals surface area (Å²) in [6.07, 6.45) is 3.86. The monoisotopic (exact) mass is 317 g/mol. The van der Waals surface area contributed by atoms with Crippen LogP contribution in [0.25, 0.3) is 0 Å². The molecule has 0 amide bonds. The standard InChI is InChI=1S/C14H17F2NO3S/c15-14(16)21(18,19)13-3-1-12(2-4-13)17-8-5-11-6-9-20-10-7-11/h1-4,6,14,17H,5,7-10H2. The molecule has 0 aliphatic carbocycles. The van der Waals surface area contributed by atoms with Crippen LogP contribution in [0, 0.1) is 0 Å². The topological polar surface area (TPSA) is 55.4 Å². The van der Waals surface area contributed by atoms with Crippen LogP contribution in [-0.2, 0) is 14.6 Å². The Morgan fingerprint density at radius 1 is 1.24 bits per heavy atom. The van der Waals surface area contributed by atoms with E-state index in [1.165, 1.54) is 29.8 Å². The van der Waals surface area contributed by atoms with Gasteiger partial charge in [0.25, 0.3) is 0 Å². The van der Waals surface area contributed by atoms with Crippen LogP contribution in [0.15, 0.2) is 40.8 Å². The number of nitrogens with one attached hydrogen (secondary N) is 1. The minimum Gasteiger partial charge on any atom is -0.385 e. The zero-order valence-corrected chi connectivity index (χ0v) is 12.2. The van der Waals surface area contributed by atoms with Gasteiger partial charge >= 0.3 is 5.76 Å². The molecule has 1 N–H and O–H groups in total. The van der Waals surface area contributed by atoms with E-state index in [1.54, 1.807) is 0 Å². The van der Waals surface area contributed by atoms with Crippen molar-refractivity contribution in [3.05, 3.63) is 35.9 Å². The number of anilines is 1. The van der Waals surface area contributed by atoms with E-state index in [4.69, 9.17) is 4.74 Å². The van der Waals surface area contributed by atoms with E-state index in [-0.39, 0.29) is 4.90 Å². The van der Waals surface area contributed by atoms with Crippen molar-refractivity contribution in [1.82, 2.24) is 0 Å². The van der Waals surface area contributed by atoms with Gasteiger partial charge in [0, 0.05) is 12.2 Å². The van der Waals surface area contributed by atoms with Gasteiger partial charge in [0.1, 0.15) is 0 Å². The Hall–Kier alpha value is -1.47. The van der Waals surface area contributed by atoms with Crippen LogP contribution in [0.4, 0.5) is 14.5 Å². The van der Waals surface area contributed by atoms with Gasteiger partial charge in [-0.2, -0.15) is 8.78 Å². The Labute approximate surface area is 122 Å². The van der Waals surface area contributed by atoms with E-state index in [2.05, 4.69) is 11.4 Å². The maximum Gasteiger partial charge on any atom is 0.341 e. The second-order valence-electron chi connectivity index (χ2n) is 4.69. The summed E-state index contributed by atoms with van der Waals surface area (Å²) in [6, 6.07) is 5.37. The van der Waals surface area contributed by atoms with E-state index < -0.39 is 15.6 Å². The summed E-state index contributed by atoms with van der Waals surface area (Å²) in [4.78, 5) is -0.366. The second-order valence-corrected chi connectivity index (χ2v) is 6.61. The Morgan fingerprint density at radius 2 is 1.95 bits per heavy atom. The number of hydrogen-bond donors (Lipinski definition) is 1. The fourth-order valence-electron chi connectivity index (χ4n) is 2.03. The predicted octanol–water partition coefficient (Wildman–Crippen LogP) is 2.83. The van der Waals surface area contributed by atoms with E-state index in [1.807, 2.05) is 0 Å². The highest BCUT2D eigenvalue weighted by Gasteiger charge is 2.26. The molecule has 0 saturated carbocycles. The van der Waals surface area contributed by atoms with E-state index in [9.17, 15) is 17.2 Å². The van der Waals surface area contributed by atoms with Crippen molar-refractivity contribution >= 4 is 15.5 Å². The SMILES string of the molecule is O=S(=O)(c1ccc(NCCC2=CCOCC2)cc1)C(F)F.